The predicted octanol–water partition coefficient (Wildman–Crippen LogP) is 1.94. The summed E-state index contributed by atoms with van der Waals surface area (Å²) in [5.74, 6) is 1.70. The Balaban J connectivity index is 2.02. The minimum absolute atomic E-state index is 0.528. The summed E-state index contributed by atoms with van der Waals surface area (Å²) in [6, 6.07) is 5.34. The summed E-state index contributed by atoms with van der Waals surface area (Å²) in [4.78, 5) is 0. The van der Waals surface area contributed by atoms with Crippen LogP contribution in [0.5, 0.6) is 5.75 Å². The Morgan fingerprint density at radius 1 is 1.26 bits per heavy atom. The molecule has 0 unspecified atom stereocenters. The van der Waals surface area contributed by atoms with E-state index >= 15 is 0 Å². The van der Waals surface area contributed by atoms with Gasteiger partial charge in [-0.15, -0.1) is 0 Å². The summed E-state index contributed by atoms with van der Waals surface area (Å²) in [6.07, 6.45) is 6.64. The molecule has 0 bridgehead atoms. The number of hydrogen-bond acceptors (Lipinski definition) is 4. The maximum atomic E-state index is 9.24. The Labute approximate surface area is 119 Å². The first-order valence-electron chi connectivity index (χ1n) is 6.85. The average Bonchev–Trinajstić information content (AvgIpc) is 2.45. The van der Waals surface area contributed by atoms with Gasteiger partial charge in [0.15, 0.2) is 0 Å². The summed E-state index contributed by atoms with van der Waals surface area (Å²) in [5, 5.41) is 19.2. The van der Waals surface area contributed by atoms with Crippen LogP contribution < -0.4 is 10.2 Å². The van der Waals surface area contributed by atoms with Gasteiger partial charge in [0, 0.05) is 16.6 Å². The third kappa shape index (κ3) is 4.16. The van der Waals surface area contributed by atoms with Crippen molar-refractivity contribution in [3.05, 3.63) is 23.8 Å². The maximum Gasteiger partial charge on any atom is 0.488 e. The Hall–Kier alpha value is -0.645. The van der Waals surface area contributed by atoms with E-state index in [2.05, 4.69) is 0 Å². The molecule has 0 saturated heterocycles. The van der Waals surface area contributed by atoms with Crippen LogP contribution in [0, 0.1) is 0 Å². The second kappa shape index (κ2) is 7.22. The SMILES string of the molecule is COc1ccc(B(O)O)cc1CSC1CCCCC1. The van der Waals surface area contributed by atoms with Gasteiger partial charge in [0.1, 0.15) is 5.75 Å². The summed E-state index contributed by atoms with van der Waals surface area (Å²) in [7, 11) is 0.239. The zero-order valence-electron chi connectivity index (χ0n) is 11.3. The van der Waals surface area contributed by atoms with Crippen LogP contribution in [0.25, 0.3) is 0 Å². The maximum absolute atomic E-state index is 9.24. The molecule has 0 atom stereocenters. The lowest BCUT2D eigenvalue weighted by Crippen LogP contribution is -2.30. The molecular formula is C14H21BO3S. The number of rotatable bonds is 5. The molecule has 3 nitrogen and oxygen atoms in total. The second-order valence-electron chi connectivity index (χ2n) is 5.02. The first kappa shape index (κ1) is 14.8. The minimum Gasteiger partial charge on any atom is -0.496 e. The van der Waals surface area contributed by atoms with E-state index in [1.54, 1.807) is 13.2 Å². The molecule has 104 valence electrons. The monoisotopic (exact) mass is 280 g/mol. The van der Waals surface area contributed by atoms with Gasteiger partial charge in [-0.2, -0.15) is 11.8 Å². The van der Waals surface area contributed by atoms with Crippen molar-refractivity contribution in [3.63, 3.8) is 0 Å². The Bertz CT molecular complexity index is 406. The van der Waals surface area contributed by atoms with Crippen molar-refractivity contribution in [2.24, 2.45) is 0 Å². The zero-order valence-corrected chi connectivity index (χ0v) is 12.2. The van der Waals surface area contributed by atoms with E-state index in [0.29, 0.717) is 5.46 Å². The fraction of sp³-hybridized carbons (Fsp3) is 0.571. The Kier molecular flexibility index (Phi) is 5.61. The van der Waals surface area contributed by atoms with Crippen molar-refractivity contribution in [2.45, 2.75) is 43.1 Å². The molecule has 0 aliphatic heterocycles. The van der Waals surface area contributed by atoms with E-state index in [9.17, 15) is 10.0 Å². The second-order valence-corrected chi connectivity index (χ2v) is 6.30. The highest BCUT2D eigenvalue weighted by atomic mass is 32.2. The molecule has 0 radical (unpaired) electrons. The van der Waals surface area contributed by atoms with E-state index in [1.807, 2.05) is 23.9 Å². The van der Waals surface area contributed by atoms with Gasteiger partial charge in [-0.25, -0.2) is 0 Å². The van der Waals surface area contributed by atoms with Crippen molar-refractivity contribution in [2.75, 3.05) is 7.11 Å². The first-order chi connectivity index (χ1) is 9.20. The molecule has 0 heterocycles. The van der Waals surface area contributed by atoms with Crippen LogP contribution in [0.2, 0.25) is 0 Å². The number of thioether (sulfide) groups is 1. The summed E-state index contributed by atoms with van der Waals surface area (Å²) in [5.41, 5.74) is 1.57. The largest absolute Gasteiger partial charge is 0.496 e. The molecule has 2 N–H and O–H groups in total. The van der Waals surface area contributed by atoms with Crippen molar-refractivity contribution in [1.82, 2.24) is 0 Å². The third-order valence-corrected chi connectivity index (χ3v) is 5.05. The number of hydrogen-bond donors (Lipinski definition) is 2. The summed E-state index contributed by atoms with van der Waals surface area (Å²) < 4.78 is 5.34. The molecule has 1 aliphatic rings. The first-order valence-corrected chi connectivity index (χ1v) is 7.90. The predicted molar refractivity (Wildman–Crippen MR) is 81.0 cm³/mol. The smallest absolute Gasteiger partial charge is 0.488 e. The quantitative estimate of drug-likeness (QED) is 0.809. The minimum atomic E-state index is -1.41. The van der Waals surface area contributed by atoms with Crippen molar-refractivity contribution < 1.29 is 14.8 Å². The van der Waals surface area contributed by atoms with Gasteiger partial charge in [-0.3, -0.25) is 0 Å². The molecule has 1 aromatic rings. The summed E-state index contributed by atoms with van der Waals surface area (Å²) in [6.45, 7) is 0. The number of methoxy groups -OCH3 is 1. The number of benzene rings is 1. The van der Waals surface area contributed by atoms with Gasteiger partial charge >= 0.3 is 7.12 Å². The van der Waals surface area contributed by atoms with Gasteiger partial charge < -0.3 is 14.8 Å². The van der Waals surface area contributed by atoms with Gasteiger partial charge in [-0.1, -0.05) is 31.4 Å². The van der Waals surface area contributed by atoms with Crippen LogP contribution in [-0.4, -0.2) is 29.5 Å². The number of ether oxygens (including phenoxy) is 1. The lowest BCUT2D eigenvalue weighted by Gasteiger charge is -2.21. The van der Waals surface area contributed by atoms with Crippen LogP contribution >= 0.6 is 11.8 Å². The molecule has 1 aliphatic carbocycles. The lowest BCUT2D eigenvalue weighted by atomic mass is 9.79. The molecule has 2 rings (SSSR count). The zero-order chi connectivity index (χ0) is 13.7. The van der Waals surface area contributed by atoms with E-state index in [0.717, 1.165) is 22.3 Å². The fourth-order valence-corrected chi connectivity index (χ4v) is 3.82. The van der Waals surface area contributed by atoms with E-state index in [1.165, 1.54) is 32.1 Å². The highest BCUT2D eigenvalue weighted by molar-refractivity contribution is 7.99. The van der Waals surface area contributed by atoms with Crippen LogP contribution in [0.4, 0.5) is 0 Å². The average molecular weight is 280 g/mol. The van der Waals surface area contributed by atoms with Crippen LogP contribution in [0.3, 0.4) is 0 Å². The molecule has 1 aromatic carbocycles. The standard InChI is InChI=1S/C14H21BO3S/c1-18-14-8-7-12(15(16)17)9-11(14)10-19-13-5-3-2-4-6-13/h7-9,13,16-17H,2-6,10H2,1H3. The molecular weight excluding hydrogens is 259 g/mol. The van der Waals surface area contributed by atoms with Gasteiger partial charge in [0.2, 0.25) is 0 Å². The van der Waals surface area contributed by atoms with Crippen molar-refractivity contribution in [3.8, 4) is 5.75 Å². The van der Waals surface area contributed by atoms with E-state index < -0.39 is 7.12 Å². The fourth-order valence-electron chi connectivity index (χ4n) is 2.51. The van der Waals surface area contributed by atoms with E-state index in [4.69, 9.17) is 4.74 Å². The van der Waals surface area contributed by atoms with Crippen molar-refractivity contribution in [1.29, 1.82) is 0 Å². The molecule has 0 amide bonds. The molecule has 5 heteroatoms. The molecule has 1 fully saturated rings. The Morgan fingerprint density at radius 2 is 2.00 bits per heavy atom. The van der Waals surface area contributed by atoms with Crippen LogP contribution in [0.1, 0.15) is 37.7 Å². The van der Waals surface area contributed by atoms with Gasteiger partial charge in [-0.05, 0) is 24.4 Å². The third-order valence-electron chi connectivity index (χ3n) is 3.63. The molecule has 0 aromatic heterocycles. The lowest BCUT2D eigenvalue weighted by molar-refractivity contribution is 0.410. The molecule has 0 spiro atoms. The highest BCUT2D eigenvalue weighted by Gasteiger charge is 2.17. The highest BCUT2D eigenvalue weighted by Crippen LogP contribution is 2.32. The molecule has 1 saturated carbocycles. The topological polar surface area (TPSA) is 49.7 Å². The summed E-state index contributed by atoms with van der Waals surface area (Å²) >= 11 is 1.96. The van der Waals surface area contributed by atoms with Gasteiger partial charge in [0.05, 0.1) is 7.11 Å². The van der Waals surface area contributed by atoms with Crippen LogP contribution in [-0.2, 0) is 5.75 Å². The van der Waals surface area contributed by atoms with E-state index in [-0.39, 0.29) is 0 Å². The molecule has 19 heavy (non-hydrogen) atoms. The van der Waals surface area contributed by atoms with Crippen LogP contribution in [0.15, 0.2) is 18.2 Å². The normalized spacial score (nSPS) is 16.4. The Morgan fingerprint density at radius 3 is 2.63 bits per heavy atom. The van der Waals surface area contributed by atoms with Crippen molar-refractivity contribution >= 4 is 24.3 Å². The van der Waals surface area contributed by atoms with Gasteiger partial charge in [0.25, 0.3) is 0 Å².